The van der Waals surface area contributed by atoms with Crippen molar-refractivity contribution < 1.29 is 9.53 Å². The van der Waals surface area contributed by atoms with Gasteiger partial charge < -0.3 is 4.74 Å². The topological polar surface area (TPSA) is 26.3 Å². The second-order valence-corrected chi connectivity index (χ2v) is 12.9. The van der Waals surface area contributed by atoms with Crippen molar-refractivity contribution in [2.75, 3.05) is 13.3 Å². The van der Waals surface area contributed by atoms with E-state index in [-0.39, 0.29) is 11.6 Å². The summed E-state index contributed by atoms with van der Waals surface area (Å²) in [6, 6.07) is 43.0. The van der Waals surface area contributed by atoms with Crippen LogP contribution in [-0.2, 0) is 9.53 Å². The summed E-state index contributed by atoms with van der Waals surface area (Å²) in [6.45, 7) is 0. The number of carbonyl (C=O) groups excluding carboxylic acids is 1. The molecule has 4 rings (SSSR count). The lowest BCUT2D eigenvalue weighted by molar-refractivity contribution is -0.140. The lowest BCUT2D eigenvalue weighted by Gasteiger charge is -2.30. The highest BCUT2D eigenvalue weighted by molar-refractivity contribution is 7.74. The van der Waals surface area contributed by atoms with E-state index in [4.69, 9.17) is 4.74 Å². The fourth-order valence-electron chi connectivity index (χ4n) is 4.25. The predicted octanol–water partition coefficient (Wildman–Crippen LogP) is 5.57. The fraction of sp³-hybridized carbons (Fsp3) is 0.167. The summed E-state index contributed by atoms with van der Waals surface area (Å²) < 4.78 is 5.16. The van der Waals surface area contributed by atoms with E-state index < -0.39 is 15.8 Å². The maximum absolute atomic E-state index is 12.6. The van der Waals surface area contributed by atoms with Crippen LogP contribution in [0.25, 0.3) is 0 Å². The molecule has 1 atom stereocenters. The zero-order chi connectivity index (χ0) is 23.6. The van der Waals surface area contributed by atoms with Crippen molar-refractivity contribution in [3.8, 4) is 0 Å². The minimum Gasteiger partial charge on any atom is -0.469 e. The molecule has 0 aromatic heterocycles. The van der Waals surface area contributed by atoms with Crippen LogP contribution in [0.15, 0.2) is 121 Å². The van der Waals surface area contributed by atoms with E-state index in [1.165, 1.54) is 28.3 Å². The number of rotatable bonds is 10. The van der Waals surface area contributed by atoms with Crippen molar-refractivity contribution in [2.24, 2.45) is 0 Å². The molecule has 0 heterocycles. The first kappa shape index (κ1) is 24.3. The van der Waals surface area contributed by atoms with Crippen LogP contribution >= 0.6 is 15.8 Å². The van der Waals surface area contributed by atoms with Gasteiger partial charge in [-0.2, -0.15) is 0 Å². The minimum atomic E-state index is -0.711. The van der Waals surface area contributed by atoms with Crippen LogP contribution in [0.1, 0.15) is 12.8 Å². The van der Waals surface area contributed by atoms with Gasteiger partial charge in [0.15, 0.2) is 0 Å². The Morgan fingerprint density at radius 3 is 1.41 bits per heavy atom. The van der Waals surface area contributed by atoms with Gasteiger partial charge in [0.2, 0.25) is 0 Å². The number of ether oxygens (including phenoxy) is 1. The molecule has 34 heavy (non-hydrogen) atoms. The van der Waals surface area contributed by atoms with Gasteiger partial charge in [0.05, 0.1) is 13.5 Å². The monoisotopic (exact) mass is 484 g/mol. The summed E-state index contributed by atoms with van der Waals surface area (Å²) in [5, 5.41) is 5.37. The Bertz CT molecular complexity index is 1060. The molecule has 0 aliphatic heterocycles. The molecule has 0 unspecified atom stereocenters. The molecule has 0 radical (unpaired) electrons. The van der Waals surface area contributed by atoms with Crippen molar-refractivity contribution in [2.45, 2.75) is 18.5 Å². The van der Waals surface area contributed by atoms with Crippen molar-refractivity contribution >= 4 is 43.0 Å². The number of hydrogen-bond acceptors (Lipinski definition) is 2. The third-order valence-electron chi connectivity index (χ3n) is 5.89. The predicted molar refractivity (Wildman–Crippen MR) is 148 cm³/mol. The highest BCUT2D eigenvalue weighted by atomic mass is 31.1. The molecule has 4 aromatic rings. The number of hydrogen-bond donors (Lipinski definition) is 0. The van der Waals surface area contributed by atoms with Crippen molar-refractivity contribution in [3.05, 3.63) is 121 Å². The summed E-state index contributed by atoms with van der Waals surface area (Å²) in [4.78, 5) is 12.6. The van der Waals surface area contributed by atoms with E-state index in [1.54, 1.807) is 0 Å². The summed E-state index contributed by atoms with van der Waals surface area (Å²) in [7, 11) is 0.265. The Labute approximate surface area is 205 Å². The molecule has 0 amide bonds. The first-order chi connectivity index (χ1) is 16.8. The largest absolute Gasteiger partial charge is 0.469 e. The van der Waals surface area contributed by atoms with Crippen LogP contribution in [-0.4, -0.2) is 24.9 Å². The molecule has 172 valence electrons. The van der Waals surface area contributed by atoms with Gasteiger partial charge in [-0.3, -0.25) is 4.79 Å². The van der Waals surface area contributed by atoms with Gasteiger partial charge >= 0.3 is 5.97 Å². The van der Waals surface area contributed by atoms with Gasteiger partial charge in [-0.15, -0.1) is 0 Å². The number of carbonyl (C=O) groups is 1. The van der Waals surface area contributed by atoms with Crippen LogP contribution in [0.2, 0.25) is 0 Å². The van der Waals surface area contributed by atoms with Crippen LogP contribution in [0.5, 0.6) is 0 Å². The standard InChI is InChI=1S/C30H30O2P2/c1-32-30(31)24-29(34(27-18-10-4-11-19-27)28-20-12-5-13-21-28)22-23-33(25-14-6-2-7-15-25)26-16-8-3-9-17-26/h2-21,29H,22-24H2,1H3/t29-/m1/s1. The normalized spacial score (nSPS) is 12.0. The molecule has 0 aliphatic rings. The maximum atomic E-state index is 12.6. The summed E-state index contributed by atoms with van der Waals surface area (Å²) >= 11 is 0. The number of benzene rings is 4. The Balaban J connectivity index is 1.69. The molecule has 2 nitrogen and oxygen atoms in total. The molecular weight excluding hydrogens is 454 g/mol. The lowest BCUT2D eigenvalue weighted by atomic mass is 10.2. The summed E-state index contributed by atoms with van der Waals surface area (Å²) in [6.07, 6.45) is 2.42. The van der Waals surface area contributed by atoms with Gasteiger partial charge in [-0.05, 0) is 55.3 Å². The first-order valence-corrected chi connectivity index (χ1v) is 14.5. The van der Waals surface area contributed by atoms with E-state index in [1.807, 2.05) is 0 Å². The van der Waals surface area contributed by atoms with E-state index in [0.717, 1.165) is 12.6 Å². The van der Waals surface area contributed by atoms with Gasteiger partial charge in [-0.1, -0.05) is 121 Å². The highest BCUT2D eigenvalue weighted by Gasteiger charge is 2.28. The number of esters is 1. The van der Waals surface area contributed by atoms with Gasteiger partial charge in [0.25, 0.3) is 0 Å². The number of methoxy groups -OCH3 is 1. The highest BCUT2D eigenvalue weighted by Crippen LogP contribution is 2.46. The van der Waals surface area contributed by atoms with Gasteiger partial charge in [0, 0.05) is 0 Å². The smallest absolute Gasteiger partial charge is 0.306 e. The summed E-state index contributed by atoms with van der Waals surface area (Å²) in [5.74, 6) is -0.131. The third kappa shape index (κ3) is 6.41. The van der Waals surface area contributed by atoms with Gasteiger partial charge in [-0.25, -0.2) is 0 Å². The molecule has 4 aromatic carbocycles. The van der Waals surface area contributed by atoms with Crippen molar-refractivity contribution in [1.29, 1.82) is 0 Å². The van der Waals surface area contributed by atoms with Crippen LogP contribution < -0.4 is 21.2 Å². The molecular formula is C30H30O2P2. The zero-order valence-corrected chi connectivity index (χ0v) is 21.2. The Morgan fingerprint density at radius 1 is 0.647 bits per heavy atom. The molecule has 0 spiro atoms. The molecule has 0 saturated carbocycles. The van der Waals surface area contributed by atoms with Crippen LogP contribution in [0.4, 0.5) is 0 Å². The Kier molecular flexibility index (Phi) is 9.03. The molecule has 0 fully saturated rings. The van der Waals surface area contributed by atoms with E-state index in [2.05, 4.69) is 121 Å². The zero-order valence-electron chi connectivity index (χ0n) is 19.5. The van der Waals surface area contributed by atoms with Crippen LogP contribution in [0, 0.1) is 0 Å². The average Bonchev–Trinajstić information content (AvgIpc) is 2.91. The quantitative estimate of drug-likeness (QED) is 0.217. The Morgan fingerprint density at radius 2 is 1.03 bits per heavy atom. The SMILES string of the molecule is COC(=O)C[C@@H](CCP(c1ccccc1)c1ccccc1)P(c1ccccc1)c1ccccc1. The second kappa shape index (κ2) is 12.6. The minimum absolute atomic E-state index is 0.131. The van der Waals surface area contributed by atoms with Gasteiger partial charge in [0.1, 0.15) is 0 Å². The second-order valence-electron chi connectivity index (χ2n) is 8.09. The lowest BCUT2D eigenvalue weighted by Crippen LogP contribution is -2.26. The fourth-order valence-corrected chi connectivity index (χ4v) is 9.75. The maximum Gasteiger partial charge on any atom is 0.306 e. The molecule has 0 N–H and O–H groups in total. The van der Waals surface area contributed by atoms with E-state index in [0.29, 0.717) is 6.42 Å². The molecule has 0 aliphatic carbocycles. The Hall–Kier alpha value is -2.79. The van der Waals surface area contributed by atoms with Crippen molar-refractivity contribution in [1.82, 2.24) is 0 Å². The first-order valence-electron chi connectivity index (χ1n) is 11.6. The third-order valence-corrected chi connectivity index (χ3v) is 11.3. The summed E-state index contributed by atoms with van der Waals surface area (Å²) in [5.41, 5.74) is 0.199. The van der Waals surface area contributed by atoms with E-state index in [9.17, 15) is 4.79 Å². The molecule has 0 bridgehead atoms. The molecule has 0 saturated heterocycles. The van der Waals surface area contributed by atoms with Crippen molar-refractivity contribution in [3.63, 3.8) is 0 Å². The molecule has 4 heteroatoms. The van der Waals surface area contributed by atoms with Crippen LogP contribution in [0.3, 0.4) is 0 Å². The average molecular weight is 485 g/mol. The van der Waals surface area contributed by atoms with E-state index >= 15 is 0 Å².